The van der Waals surface area contributed by atoms with E-state index in [4.69, 9.17) is 11.5 Å². The van der Waals surface area contributed by atoms with Crippen LogP contribution < -0.4 is 16.8 Å². The Bertz CT molecular complexity index is 1130. The lowest BCUT2D eigenvalue weighted by atomic mass is 9.89. The molecule has 0 radical (unpaired) electrons. The van der Waals surface area contributed by atoms with Gasteiger partial charge in [0.05, 0.1) is 12.5 Å². The van der Waals surface area contributed by atoms with E-state index in [1.807, 2.05) is 78.2 Å². The van der Waals surface area contributed by atoms with Crippen molar-refractivity contribution in [3.8, 4) is 0 Å². The molecule has 0 aliphatic heterocycles. The number of benzene rings is 2. The Balaban J connectivity index is 1.90. The number of nitrogens with two attached hydrogens (primary N) is 2. The summed E-state index contributed by atoms with van der Waals surface area (Å²) in [6.07, 6.45) is 0.610. The second-order valence-corrected chi connectivity index (χ2v) is 9.04. The van der Waals surface area contributed by atoms with Crippen LogP contribution in [0, 0.1) is 10.1 Å². The molecular formula is C25H28N6O4S. The van der Waals surface area contributed by atoms with Crippen molar-refractivity contribution in [3.63, 3.8) is 0 Å². The standard InChI is InChI=1S/C25H28N6O4S/c26-23(32)21(14-7-15-28-25(27)29-31(34)35)30(17-20-13-8-16-36-20)24(33)22(18-9-3-1-4-10-18)19-11-5-2-6-12-19/h1-6,8-13,16,21-22H,7,14-15,17H2,(H2,26,32)(H3,27,28,29)/t21-/m1/s1. The molecule has 2 aromatic carbocycles. The van der Waals surface area contributed by atoms with Crippen molar-refractivity contribution in [3.05, 3.63) is 104 Å². The van der Waals surface area contributed by atoms with Crippen LogP contribution in [0.1, 0.15) is 34.8 Å². The van der Waals surface area contributed by atoms with Crippen LogP contribution in [0.4, 0.5) is 0 Å². The molecule has 0 bridgehead atoms. The lowest BCUT2D eigenvalue weighted by Gasteiger charge is -2.33. The molecule has 0 fully saturated rings. The predicted molar refractivity (Wildman–Crippen MR) is 138 cm³/mol. The predicted octanol–water partition coefficient (Wildman–Crippen LogP) is 2.64. The summed E-state index contributed by atoms with van der Waals surface area (Å²) in [4.78, 5) is 39.7. The first-order valence-electron chi connectivity index (χ1n) is 11.3. The Morgan fingerprint density at radius 2 is 1.61 bits per heavy atom. The van der Waals surface area contributed by atoms with Gasteiger partial charge in [-0.15, -0.1) is 11.3 Å². The van der Waals surface area contributed by atoms with Crippen LogP contribution >= 0.6 is 11.3 Å². The van der Waals surface area contributed by atoms with E-state index in [0.717, 1.165) is 16.0 Å². The number of carbonyl (C=O) groups is 2. The van der Waals surface area contributed by atoms with E-state index < -0.39 is 22.9 Å². The van der Waals surface area contributed by atoms with E-state index >= 15 is 0 Å². The summed E-state index contributed by atoms with van der Waals surface area (Å²) in [6, 6.07) is 21.7. The van der Waals surface area contributed by atoms with Crippen molar-refractivity contribution in [2.75, 3.05) is 6.54 Å². The number of hydrogen-bond acceptors (Lipinski definition) is 5. The van der Waals surface area contributed by atoms with Crippen molar-refractivity contribution in [1.82, 2.24) is 10.2 Å². The number of primary amides is 1. The maximum atomic E-state index is 14.2. The summed E-state index contributed by atoms with van der Waals surface area (Å²) in [6.45, 7) is 0.438. The molecule has 2 amide bonds. The smallest absolute Gasteiger partial charge is 0.266 e. The molecule has 0 aliphatic rings. The molecule has 3 aromatic rings. The molecular weight excluding hydrogens is 480 g/mol. The maximum Gasteiger partial charge on any atom is 0.266 e. The Kier molecular flexibility index (Phi) is 9.52. The summed E-state index contributed by atoms with van der Waals surface area (Å²) in [5.74, 6) is -1.84. The number of rotatable bonds is 12. The number of nitro groups is 1. The number of amides is 2. The largest absolute Gasteiger partial charge is 0.368 e. The Labute approximate surface area is 212 Å². The zero-order chi connectivity index (χ0) is 25.9. The van der Waals surface area contributed by atoms with Gasteiger partial charge in [-0.25, -0.2) is 10.1 Å². The van der Waals surface area contributed by atoms with Gasteiger partial charge in [0.2, 0.25) is 11.8 Å². The topological polar surface area (TPSA) is 157 Å². The minimum absolute atomic E-state index is 0.217. The molecule has 0 saturated heterocycles. The van der Waals surface area contributed by atoms with Crippen LogP contribution in [0.3, 0.4) is 0 Å². The van der Waals surface area contributed by atoms with E-state index in [1.165, 1.54) is 16.2 Å². The Morgan fingerprint density at radius 3 is 2.11 bits per heavy atom. The third-order valence-corrected chi connectivity index (χ3v) is 6.42. The molecule has 3 rings (SSSR count). The molecule has 5 N–H and O–H groups in total. The first kappa shape index (κ1) is 26.4. The molecule has 1 heterocycles. The normalized spacial score (nSPS) is 12.2. The van der Waals surface area contributed by atoms with Gasteiger partial charge in [-0.3, -0.25) is 9.59 Å². The van der Waals surface area contributed by atoms with Crippen molar-refractivity contribution in [2.24, 2.45) is 16.6 Å². The van der Waals surface area contributed by atoms with Gasteiger partial charge in [0.1, 0.15) is 11.1 Å². The van der Waals surface area contributed by atoms with E-state index in [0.29, 0.717) is 6.42 Å². The highest BCUT2D eigenvalue weighted by atomic mass is 32.1. The minimum Gasteiger partial charge on any atom is -0.368 e. The first-order chi connectivity index (χ1) is 17.4. The summed E-state index contributed by atoms with van der Waals surface area (Å²) < 4.78 is 0. The van der Waals surface area contributed by atoms with Gasteiger partial charge in [-0.05, 0) is 35.4 Å². The average molecular weight is 509 g/mol. The quantitative estimate of drug-likeness (QED) is 0.112. The number of guanidine groups is 1. The highest BCUT2D eigenvalue weighted by Gasteiger charge is 2.34. The summed E-state index contributed by atoms with van der Waals surface area (Å²) in [5.41, 5.74) is 12.9. The fraction of sp³-hybridized carbons (Fsp3) is 0.240. The fourth-order valence-electron chi connectivity index (χ4n) is 3.93. The molecule has 0 aliphatic carbocycles. The van der Waals surface area contributed by atoms with Crippen molar-refractivity contribution in [2.45, 2.75) is 31.3 Å². The van der Waals surface area contributed by atoms with Crippen molar-refractivity contribution >= 4 is 29.1 Å². The molecule has 1 atom stereocenters. The van der Waals surface area contributed by atoms with Gasteiger partial charge in [-0.1, -0.05) is 66.7 Å². The van der Waals surface area contributed by atoms with E-state index in [1.54, 1.807) is 0 Å². The lowest BCUT2D eigenvalue weighted by Crippen LogP contribution is -2.49. The molecule has 188 valence electrons. The zero-order valence-corrected chi connectivity index (χ0v) is 20.3. The molecule has 1 aromatic heterocycles. The van der Waals surface area contributed by atoms with E-state index in [9.17, 15) is 19.7 Å². The van der Waals surface area contributed by atoms with Crippen molar-refractivity contribution in [1.29, 1.82) is 0 Å². The van der Waals surface area contributed by atoms with Gasteiger partial charge in [0.15, 0.2) is 5.03 Å². The number of hydrogen-bond donors (Lipinski definition) is 3. The van der Waals surface area contributed by atoms with Crippen LogP contribution in [-0.4, -0.2) is 40.3 Å². The van der Waals surface area contributed by atoms with Crippen LogP contribution in [0.2, 0.25) is 0 Å². The third kappa shape index (κ3) is 7.37. The summed E-state index contributed by atoms with van der Waals surface area (Å²) in [5, 5.41) is 17.1. The van der Waals surface area contributed by atoms with Crippen LogP contribution in [-0.2, 0) is 16.1 Å². The Morgan fingerprint density at radius 1 is 1.00 bits per heavy atom. The second kappa shape index (κ2) is 13.0. The van der Waals surface area contributed by atoms with E-state index in [-0.39, 0.29) is 31.4 Å². The molecule has 0 spiro atoms. The maximum absolute atomic E-state index is 14.2. The molecule has 0 saturated carbocycles. The third-order valence-electron chi connectivity index (χ3n) is 5.56. The average Bonchev–Trinajstić information content (AvgIpc) is 3.37. The fourth-order valence-corrected chi connectivity index (χ4v) is 4.64. The number of thiophene rings is 1. The monoisotopic (exact) mass is 508 g/mol. The van der Waals surface area contributed by atoms with Gasteiger partial charge in [-0.2, -0.15) is 0 Å². The van der Waals surface area contributed by atoms with Crippen LogP contribution in [0.5, 0.6) is 0 Å². The Hall–Kier alpha value is -4.25. The number of hydrazone groups is 1. The van der Waals surface area contributed by atoms with Gasteiger partial charge >= 0.3 is 0 Å². The number of carbonyl (C=O) groups excluding carboxylic acids is 2. The second-order valence-electron chi connectivity index (χ2n) is 8.01. The van der Waals surface area contributed by atoms with Gasteiger partial charge < -0.3 is 21.7 Å². The summed E-state index contributed by atoms with van der Waals surface area (Å²) in [7, 11) is 0. The van der Waals surface area contributed by atoms with Crippen molar-refractivity contribution < 1.29 is 14.6 Å². The first-order valence-corrected chi connectivity index (χ1v) is 12.2. The minimum atomic E-state index is -0.900. The molecule has 36 heavy (non-hydrogen) atoms. The number of nitrogens with one attached hydrogen (secondary N) is 1. The zero-order valence-electron chi connectivity index (χ0n) is 19.5. The molecule has 10 nitrogen and oxygen atoms in total. The lowest BCUT2D eigenvalue weighted by molar-refractivity contribution is -0.485. The summed E-state index contributed by atoms with van der Waals surface area (Å²) >= 11 is 1.48. The SMILES string of the molecule is NC(=O)[C@@H](CCCNC(N)=N[N+](=O)[O-])N(Cc1cccs1)C(=O)C(c1ccccc1)c1ccccc1. The highest BCUT2D eigenvalue weighted by molar-refractivity contribution is 7.09. The molecule has 11 heteroatoms. The van der Waals surface area contributed by atoms with Crippen LogP contribution in [0.25, 0.3) is 0 Å². The van der Waals surface area contributed by atoms with Gasteiger partial charge in [0, 0.05) is 11.4 Å². The number of nitrogens with zero attached hydrogens (tertiary/aromatic N) is 3. The highest BCUT2D eigenvalue weighted by Crippen LogP contribution is 2.29. The van der Waals surface area contributed by atoms with E-state index in [2.05, 4.69) is 10.4 Å². The molecule has 0 unspecified atom stereocenters. The van der Waals surface area contributed by atoms with Gasteiger partial charge in [0.25, 0.3) is 5.96 Å². The van der Waals surface area contributed by atoms with Crippen LogP contribution in [0.15, 0.2) is 83.3 Å².